The van der Waals surface area contributed by atoms with Crippen LogP contribution in [0.15, 0.2) is 42.5 Å². The zero-order valence-corrected chi connectivity index (χ0v) is 13.0. The van der Waals surface area contributed by atoms with Crippen molar-refractivity contribution in [3.8, 4) is 0 Å². The lowest BCUT2D eigenvalue weighted by atomic mass is 10.1. The highest BCUT2D eigenvalue weighted by Gasteiger charge is 2.23. The molecule has 0 saturated heterocycles. The van der Waals surface area contributed by atoms with Gasteiger partial charge in [-0.15, -0.1) is 0 Å². The lowest BCUT2D eigenvalue weighted by Gasteiger charge is -2.13. The fourth-order valence-corrected chi connectivity index (χ4v) is 4.27. The molecule has 2 unspecified atom stereocenters. The summed E-state index contributed by atoms with van der Waals surface area (Å²) in [6.07, 6.45) is 4.06. The Bertz CT molecular complexity index is 566. The maximum atomic E-state index is 3.74. The van der Waals surface area contributed by atoms with E-state index in [1.807, 2.05) is 0 Å². The molecule has 0 amide bonds. The first-order valence-electron chi connectivity index (χ1n) is 7.68. The third-order valence-electron chi connectivity index (χ3n) is 4.20. The van der Waals surface area contributed by atoms with E-state index < -0.39 is 0 Å². The summed E-state index contributed by atoms with van der Waals surface area (Å²) in [6.45, 7) is 3.26. The molecule has 1 saturated carbocycles. The first-order valence-corrected chi connectivity index (χ1v) is 8.72. The largest absolute Gasteiger partial charge is 0.310 e. The maximum Gasteiger partial charge on any atom is 0.0208 e. The molecule has 20 heavy (non-hydrogen) atoms. The number of hydrogen-bond acceptors (Lipinski definition) is 2. The predicted molar refractivity (Wildman–Crippen MR) is 90.3 cm³/mol. The van der Waals surface area contributed by atoms with Gasteiger partial charge in [-0.25, -0.2) is 0 Å². The standard InChI is InChI=1S/C18H23NS/c1-2-20-18-10-9-17(12-18)19-13-14-7-8-15-5-3-4-6-16(15)11-14/h3-8,11,17-19H,2,9-10,12-13H2,1H3. The predicted octanol–water partition coefficient (Wildman–Crippen LogP) is 4.60. The molecule has 0 spiro atoms. The Morgan fingerprint density at radius 2 is 1.95 bits per heavy atom. The number of fused-ring (bicyclic) bond motifs is 1. The van der Waals surface area contributed by atoms with E-state index in [1.54, 1.807) is 0 Å². The number of benzene rings is 2. The average Bonchev–Trinajstić information content (AvgIpc) is 2.93. The monoisotopic (exact) mass is 285 g/mol. The van der Waals surface area contributed by atoms with Gasteiger partial charge in [0.05, 0.1) is 0 Å². The molecular weight excluding hydrogens is 262 g/mol. The highest BCUT2D eigenvalue weighted by Crippen LogP contribution is 2.29. The second kappa shape index (κ2) is 6.64. The molecule has 1 N–H and O–H groups in total. The summed E-state index contributed by atoms with van der Waals surface area (Å²) in [6, 6.07) is 16.1. The molecule has 2 aromatic carbocycles. The zero-order chi connectivity index (χ0) is 13.8. The average molecular weight is 285 g/mol. The molecule has 106 valence electrons. The first-order chi connectivity index (χ1) is 9.85. The van der Waals surface area contributed by atoms with Crippen LogP contribution in [0.4, 0.5) is 0 Å². The Kier molecular flexibility index (Phi) is 4.64. The molecule has 1 nitrogen and oxygen atoms in total. The summed E-state index contributed by atoms with van der Waals surface area (Å²) in [4.78, 5) is 0. The number of thioether (sulfide) groups is 1. The maximum absolute atomic E-state index is 3.74. The van der Waals surface area contributed by atoms with Crippen molar-refractivity contribution in [1.29, 1.82) is 0 Å². The van der Waals surface area contributed by atoms with Crippen molar-refractivity contribution in [2.24, 2.45) is 0 Å². The van der Waals surface area contributed by atoms with Crippen molar-refractivity contribution < 1.29 is 0 Å². The van der Waals surface area contributed by atoms with E-state index in [0.29, 0.717) is 6.04 Å². The van der Waals surface area contributed by atoms with Crippen LogP contribution < -0.4 is 5.32 Å². The molecule has 0 heterocycles. The highest BCUT2D eigenvalue weighted by atomic mass is 32.2. The van der Waals surface area contributed by atoms with Crippen molar-refractivity contribution in [2.45, 2.75) is 44.0 Å². The Labute approximate surface area is 126 Å². The highest BCUT2D eigenvalue weighted by molar-refractivity contribution is 7.99. The molecule has 1 aliphatic rings. The van der Waals surface area contributed by atoms with Crippen molar-refractivity contribution in [3.05, 3.63) is 48.0 Å². The van der Waals surface area contributed by atoms with Crippen LogP contribution in [-0.4, -0.2) is 17.0 Å². The first kappa shape index (κ1) is 14.0. The van der Waals surface area contributed by atoms with Gasteiger partial charge in [0, 0.05) is 17.8 Å². The molecule has 1 fully saturated rings. The number of nitrogens with one attached hydrogen (secondary N) is 1. The van der Waals surface area contributed by atoms with Crippen LogP contribution in [0.1, 0.15) is 31.7 Å². The summed E-state index contributed by atoms with van der Waals surface area (Å²) in [5, 5.41) is 7.30. The van der Waals surface area contributed by atoms with Gasteiger partial charge in [-0.3, -0.25) is 0 Å². The normalized spacial score (nSPS) is 22.4. The third kappa shape index (κ3) is 3.36. The molecule has 0 aliphatic heterocycles. The molecule has 1 aliphatic carbocycles. The second-order valence-corrected chi connectivity index (χ2v) is 7.23. The van der Waals surface area contributed by atoms with Gasteiger partial charge < -0.3 is 5.32 Å². The van der Waals surface area contributed by atoms with Crippen LogP contribution in [0.5, 0.6) is 0 Å². The third-order valence-corrected chi connectivity index (χ3v) is 5.43. The van der Waals surface area contributed by atoms with Crippen LogP contribution in [0.2, 0.25) is 0 Å². The molecule has 3 rings (SSSR count). The fraction of sp³-hybridized carbons (Fsp3) is 0.444. The summed E-state index contributed by atoms with van der Waals surface area (Å²) < 4.78 is 0. The molecule has 2 atom stereocenters. The van der Waals surface area contributed by atoms with Crippen molar-refractivity contribution >= 4 is 22.5 Å². The second-order valence-electron chi connectivity index (χ2n) is 5.65. The Morgan fingerprint density at radius 1 is 1.10 bits per heavy atom. The van der Waals surface area contributed by atoms with Gasteiger partial charge in [0.15, 0.2) is 0 Å². The van der Waals surface area contributed by atoms with Crippen LogP contribution in [0, 0.1) is 0 Å². The number of rotatable bonds is 5. The van der Waals surface area contributed by atoms with Gasteiger partial charge >= 0.3 is 0 Å². The van der Waals surface area contributed by atoms with Gasteiger partial charge in [0.25, 0.3) is 0 Å². The minimum Gasteiger partial charge on any atom is -0.310 e. The smallest absolute Gasteiger partial charge is 0.0208 e. The zero-order valence-electron chi connectivity index (χ0n) is 12.1. The van der Waals surface area contributed by atoms with E-state index in [9.17, 15) is 0 Å². The summed E-state index contributed by atoms with van der Waals surface area (Å²) in [5.74, 6) is 1.25. The van der Waals surface area contributed by atoms with Crippen LogP contribution in [-0.2, 0) is 6.54 Å². The van der Waals surface area contributed by atoms with Crippen LogP contribution >= 0.6 is 11.8 Å². The van der Waals surface area contributed by atoms with E-state index in [1.165, 1.54) is 41.4 Å². The lowest BCUT2D eigenvalue weighted by molar-refractivity contribution is 0.525. The molecule has 0 radical (unpaired) electrons. The van der Waals surface area contributed by atoms with Gasteiger partial charge in [0.1, 0.15) is 0 Å². The van der Waals surface area contributed by atoms with Crippen LogP contribution in [0.25, 0.3) is 10.8 Å². The Morgan fingerprint density at radius 3 is 2.80 bits per heavy atom. The molecule has 2 heteroatoms. The molecular formula is C18H23NS. The Balaban J connectivity index is 1.57. The number of hydrogen-bond donors (Lipinski definition) is 1. The van der Waals surface area contributed by atoms with E-state index >= 15 is 0 Å². The topological polar surface area (TPSA) is 12.0 Å². The van der Waals surface area contributed by atoms with E-state index in [0.717, 1.165) is 11.8 Å². The minimum atomic E-state index is 0.713. The molecule has 0 aromatic heterocycles. The fourth-order valence-electron chi connectivity index (χ4n) is 3.12. The minimum absolute atomic E-state index is 0.713. The van der Waals surface area contributed by atoms with Crippen LogP contribution in [0.3, 0.4) is 0 Å². The summed E-state index contributed by atoms with van der Waals surface area (Å²) >= 11 is 2.13. The van der Waals surface area contributed by atoms with Crippen molar-refractivity contribution in [1.82, 2.24) is 5.32 Å². The van der Waals surface area contributed by atoms with E-state index in [4.69, 9.17) is 0 Å². The summed E-state index contributed by atoms with van der Waals surface area (Å²) in [5.41, 5.74) is 1.40. The SMILES string of the molecule is CCSC1CCC(NCc2ccc3ccccc3c2)C1. The van der Waals surface area contributed by atoms with Gasteiger partial charge in [-0.05, 0) is 47.4 Å². The van der Waals surface area contributed by atoms with Gasteiger partial charge in [-0.1, -0.05) is 43.3 Å². The van der Waals surface area contributed by atoms with E-state index in [-0.39, 0.29) is 0 Å². The molecule has 2 aromatic rings. The van der Waals surface area contributed by atoms with E-state index in [2.05, 4.69) is 66.5 Å². The lowest BCUT2D eigenvalue weighted by Crippen LogP contribution is -2.26. The quantitative estimate of drug-likeness (QED) is 0.861. The Hall–Kier alpha value is -0.990. The van der Waals surface area contributed by atoms with Gasteiger partial charge in [-0.2, -0.15) is 11.8 Å². The van der Waals surface area contributed by atoms with Gasteiger partial charge in [0.2, 0.25) is 0 Å². The van der Waals surface area contributed by atoms with Crippen molar-refractivity contribution in [3.63, 3.8) is 0 Å². The molecule has 0 bridgehead atoms. The van der Waals surface area contributed by atoms with Crippen molar-refractivity contribution in [2.75, 3.05) is 5.75 Å². The summed E-state index contributed by atoms with van der Waals surface area (Å²) in [7, 11) is 0.